The fourth-order valence-corrected chi connectivity index (χ4v) is 1.89. The molecule has 0 saturated carbocycles. The summed E-state index contributed by atoms with van der Waals surface area (Å²) in [6, 6.07) is 0.727. The van der Waals surface area contributed by atoms with Crippen molar-refractivity contribution in [3.8, 4) is 11.8 Å². The van der Waals surface area contributed by atoms with Crippen molar-refractivity contribution in [1.82, 2.24) is 15.6 Å². The fourth-order valence-electron chi connectivity index (χ4n) is 1.89. The molecule has 0 bridgehead atoms. The first kappa shape index (κ1) is 14.7. The Hall–Kier alpha value is -2.72. The van der Waals surface area contributed by atoms with Crippen LogP contribution in [0.4, 0.5) is 0 Å². The van der Waals surface area contributed by atoms with Crippen LogP contribution in [0.1, 0.15) is 28.8 Å². The second-order valence-corrected chi connectivity index (χ2v) is 4.36. The number of aromatic nitrogens is 1. The molecule has 0 spiro atoms. The highest BCUT2D eigenvalue weighted by Gasteiger charge is 2.28. The molecule has 21 heavy (non-hydrogen) atoms. The third-order valence-corrected chi connectivity index (χ3v) is 2.91. The van der Waals surface area contributed by atoms with Gasteiger partial charge in [-0.2, -0.15) is 0 Å². The Bertz CT molecular complexity index is 645. The topological polar surface area (TPSA) is 108 Å². The Labute approximate surface area is 120 Å². The van der Waals surface area contributed by atoms with E-state index in [0.717, 1.165) is 0 Å². The first-order valence-electron chi connectivity index (χ1n) is 6.30. The summed E-state index contributed by atoms with van der Waals surface area (Å²) in [5.74, 6) is 3.72. The molecule has 1 aromatic heterocycles. The summed E-state index contributed by atoms with van der Waals surface area (Å²) < 4.78 is 0. The summed E-state index contributed by atoms with van der Waals surface area (Å²) in [7, 11) is 0. The zero-order valence-electron chi connectivity index (χ0n) is 11.0. The van der Waals surface area contributed by atoms with Crippen molar-refractivity contribution in [3.05, 3.63) is 29.6 Å². The highest BCUT2D eigenvalue weighted by molar-refractivity contribution is 6.04. The molecule has 108 valence electrons. The number of carbonyl (C=O) groups is 3. The van der Waals surface area contributed by atoms with Crippen LogP contribution in [0.15, 0.2) is 18.5 Å². The highest BCUT2D eigenvalue weighted by Crippen LogP contribution is 2.09. The number of imide groups is 1. The van der Waals surface area contributed by atoms with Crippen molar-refractivity contribution in [3.63, 3.8) is 0 Å². The summed E-state index contributed by atoms with van der Waals surface area (Å²) in [4.78, 5) is 38.7. The van der Waals surface area contributed by atoms with E-state index in [1.165, 1.54) is 18.5 Å². The number of nitrogens with zero attached hydrogens (tertiary/aromatic N) is 1. The molecule has 0 aliphatic carbocycles. The van der Waals surface area contributed by atoms with Crippen molar-refractivity contribution < 1.29 is 19.5 Å². The summed E-state index contributed by atoms with van der Waals surface area (Å²) in [6.45, 7) is -0.330. The number of piperidine rings is 1. The predicted molar refractivity (Wildman–Crippen MR) is 71.8 cm³/mol. The van der Waals surface area contributed by atoms with E-state index >= 15 is 0 Å². The van der Waals surface area contributed by atoms with Crippen LogP contribution >= 0.6 is 0 Å². The Morgan fingerprint density at radius 1 is 1.52 bits per heavy atom. The molecule has 1 aliphatic heterocycles. The number of amides is 3. The molecule has 3 N–H and O–H groups in total. The monoisotopic (exact) mass is 287 g/mol. The van der Waals surface area contributed by atoms with Crippen molar-refractivity contribution >= 4 is 17.7 Å². The molecule has 1 atom stereocenters. The van der Waals surface area contributed by atoms with E-state index in [4.69, 9.17) is 5.11 Å². The first-order chi connectivity index (χ1) is 10.1. The molecule has 1 aromatic rings. The Morgan fingerprint density at radius 2 is 2.33 bits per heavy atom. The average molecular weight is 287 g/mol. The number of rotatable bonds is 2. The molecule has 1 fully saturated rings. The molecule has 2 rings (SSSR count). The van der Waals surface area contributed by atoms with Crippen molar-refractivity contribution in [1.29, 1.82) is 0 Å². The summed E-state index contributed by atoms with van der Waals surface area (Å²) in [5, 5.41) is 13.4. The minimum absolute atomic E-state index is 0.185. The Morgan fingerprint density at radius 3 is 3.05 bits per heavy atom. The lowest BCUT2D eigenvalue weighted by Crippen LogP contribution is -2.52. The molecular formula is C14H13N3O4. The number of pyridine rings is 1. The van der Waals surface area contributed by atoms with Gasteiger partial charge in [0.2, 0.25) is 11.8 Å². The second kappa shape index (κ2) is 6.63. The maximum Gasteiger partial charge on any atom is 0.253 e. The van der Waals surface area contributed by atoms with Gasteiger partial charge in [0, 0.05) is 18.8 Å². The van der Waals surface area contributed by atoms with Gasteiger partial charge in [0.15, 0.2) is 0 Å². The molecule has 0 aromatic carbocycles. The van der Waals surface area contributed by atoms with Gasteiger partial charge in [0.1, 0.15) is 12.6 Å². The number of aliphatic hydroxyl groups excluding tert-OH is 1. The van der Waals surface area contributed by atoms with E-state index in [-0.39, 0.29) is 30.9 Å². The van der Waals surface area contributed by atoms with Crippen LogP contribution in [0.2, 0.25) is 0 Å². The zero-order valence-corrected chi connectivity index (χ0v) is 11.0. The maximum absolute atomic E-state index is 12.2. The molecular weight excluding hydrogens is 274 g/mol. The second-order valence-electron chi connectivity index (χ2n) is 4.36. The van der Waals surface area contributed by atoms with Crippen LogP contribution in [0, 0.1) is 11.8 Å². The summed E-state index contributed by atoms with van der Waals surface area (Å²) in [6.07, 6.45) is 3.29. The normalized spacial score (nSPS) is 17.5. The largest absolute Gasteiger partial charge is 0.384 e. The van der Waals surface area contributed by atoms with Crippen LogP contribution in [0.25, 0.3) is 0 Å². The Balaban J connectivity index is 2.14. The third kappa shape index (κ3) is 3.64. The Kier molecular flexibility index (Phi) is 4.64. The van der Waals surface area contributed by atoms with E-state index in [1.807, 2.05) is 0 Å². The van der Waals surface area contributed by atoms with Gasteiger partial charge in [-0.15, -0.1) is 0 Å². The smallest absolute Gasteiger partial charge is 0.253 e. The number of hydrogen-bond donors (Lipinski definition) is 3. The summed E-state index contributed by atoms with van der Waals surface area (Å²) >= 11 is 0. The van der Waals surface area contributed by atoms with Gasteiger partial charge in [0.05, 0.1) is 11.1 Å². The quantitative estimate of drug-likeness (QED) is 0.475. The lowest BCUT2D eigenvalue weighted by atomic mass is 10.0. The van der Waals surface area contributed by atoms with E-state index in [1.54, 1.807) is 0 Å². The van der Waals surface area contributed by atoms with E-state index in [2.05, 4.69) is 27.5 Å². The van der Waals surface area contributed by atoms with Crippen LogP contribution in [0.3, 0.4) is 0 Å². The predicted octanol–water partition coefficient (Wildman–Crippen LogP) is -1.04. The van der Waals surface area contributed by atoms with Gasteiger partial charge in [-0.05, 0) is 12.5 Å². The highest BCUT2D eigenvalue weighted by atomic mass is 16.2. The van der Waals surface area contributed by atoms with Crippen LogP contribution < -0.4 is 10.6 Å². The lowest BCUT2D eigenvalue weighted by Gasteiger charge is -2.21. The third-order valence-electron chi connectivity index (χ3n) is 2.91. The van der Waals surface area contributed by atoms with Crippen LogP contribution in [-0.4, -0.2) is 40.5 Å². The van der Waals surface area contributed by atoms with E-state index < -0.39 is 17.9 Å². The molecule has 0 radical (unpaired) electrons. The van der Waals surface area contributed by atoms with Gasteiger partial charge < -0.3 is 10.4 Å². The number of nitrogens with one attached hydrogen (secondary N) is 2. The lowest BCUT2D eigenvalue weighted by molar-refractivity contribution is -0.134. The fraction of sp³-hybridized carbons (Fsp3) is 0.286. The molecule has 7 nitrogen and oxygen atoms in total. The molecule has 3 amide bonds. The molecule has 1 aliphatic rings. The van der Waals surface area contributed by atoms with Gasteiger partial charge in [0.25, 0.3) is 5.91 Å². The summed E-state index contributed by atoms with van der Waals surface area (Å²) in [5.41, 5.74) is 0.618. The van der Waals surface area contributed by atoms with Crippen molar-refractivity contribution in [2.45, 2.75) is 18.9 Å². The first-order valence-corrected chi connectivity index (χ1v) is 6.30. The molecule has 2 heterocycles. The van der Waals surface area contributed by atoms with Crippen LogP contribution in [0.5, 0.6) is 0 Å². The SMILES string of the molecule is O=C1CCC(NC(=O)c2ccncc2C#CCO)C(=O)N1. The number of carbonyl (C=O) groups excluding carboxylic acids is 3. The average Bonchev–Trinajstić information content (AvgIpc) is 2.48. The minimum Gasteiger partial charge on any atom is -0.384 e. The van der Waals surface area contributed by atoms with Crippen LogP contribution in [-0.2, 0) is 9.59 Å². The molecule has 1 unspecified atom stereocenters. The standard InChI is InChI=1S/C14H13N3O4/c18-7-1-2-9-8-15-6-5-10(9)13(20)16-11-3-4-12(19)17-14(11)21/h5-6,8,11,18H,3-4,7H2,(H,16,20)(H,17,19,21). The van der Waals surface area contributed by atoms with Gasteiger partial charge in [-0.25, -0.2) is 0 Å². The van der Waals surface area contributed by atoms with Gasteiger partial charge in [-0.1, -0.05) is 11.8 Å². The van der Waals surface area contributed by atoms with Gasteiger partial charge in [-0.3, -0.25) is 24.7 Å². The molecule has 7 heteroatoms. The zero-order chi connectivity index (χ0) is 15.2. The number of aliphatic hydroxyl groups is 1. The maximum atomic E-state index is 12.2. The van der Waals surface area contributed by atoms with Gasteiger partial charge >= 0.3 is 0 Å². The van der Waals surface area contributed by atoms with Crippen molar-refractivity contribution in [2.24, 2.45) is 0 Å². The van der Waals surface area contributed by atoms with E-state index in [0.29, 0.717) is 5.56 Å². The number of hydrogen-bond acceptors (Lipinski definition) is 5. The van der Waals surface area contributed by atoms with Crippen molar-refractivity contribution in [2.75, 3.05) is 6.61 Å². The van der Waals surface area contributed by atoms with E-state index in [9.17, 15) is 14.4 Å². The molecule has 1 saturated heterocycles. The minimum atomic E-state index is -0.748.